The maximum Gasteiger partial charge on any atom is 0.417 e. The second-order valence-electron chi connectivity index (χ2n) is 6.32. The molecule has 0 unspecified atom stereocenters. The molecule has 26 heavy (non-hydrogen) atoms. The van der Waals surface area contributed by atoms with E-state index in [1.54, 1.807) is 13.0 Å². The molecule has 5 nitrogen and oxygen atoms in total. The van der Waals surface area contributed by atoms with Crippen molar-refractivity contribution in [2.75, 3.05) is 17.2 Å². The summed E-state index contributed by atoms with van der Waals surface area (Å²) in [6.45, 7) is 1.68. The van der Waals surface area contributed by atoms with Gasteiger partial charge < -0.3 is 15.7 Å². The first-order valence-electron chi connectivity index (χ1n) is 8.16. The topological polar surface area (TPSA) is 70.1 Å². The van der Waals surface area contributed by atoms with Gasteiger partial charge in [-0.15, -0.1) is 0 Å². The van der Waals surface area contributed by atoms with E-state index >= 15 is 0 Å². The summed E-state index contributed by atoms with van der Waals surface area (Å²) in [5.74, 6) is 1.04. The Morgan fingerprint density at radius 2 is 2.00 bits per heavy atom. The summed E-state index contributed by atoms with van der Waals surface area (Å²) in [6, 6.07) is 5.09. The molecule has 0 amide bonds. The highest BCUT2D eigenvalue weighted by molar-refractivity contribution is 6.31. The number of hydrogen-bond acceptors (Lipinski definition) is 5. The van der Waals surface area contributed by atoms with E-state index in [1.807, 2.05) is 0 Å². The molecule has 1 fully saturated rings. The second kappa shape index (κ2) is 7.28. The Morgan fingerprint density at radius 3 is 2.62 bits per heavy atom. The lowest BCUT2D eigenvalue weighted by Crippen LogP contribution is -2.21. The number of alkyl halides is 3. The molecule has 0 spiro atoms. The number of nitrogens with zero attached hydrogens (tertiary/aromatic N) is 2. The van der Waals surface area contributed by atoms with Crippen LogP contribution in [0, 0.1) is 0 Å². The number of anilines is 3. The molecular weight excluding hydrogens is 369 g/mol. The molecular formula is C17H18ClF3N4O. The standard InChI is InChI=1S/C17H18ClF3N4O/c1-9(8-26)22-16-24-14(10-2-3-10)7-15(25-16)23-11-4-5-13(18)12(6-11)17(19,20)21/h4-7,9-10,26H,2-3,8H2,1H3,(H2,22,23,24,25)/t9-/m0/s1. The van der Waals surface area contributed by atoms with Crippen LogP contribution in [-0.4, -0.2) is 27.7 Å². The van der Waals surface area contributed by atoms with Gasteiger partial charge in [0, 0.05) is 23.7 Å². The van der Waals surface area contributed by atoms with Gasteiger partial charge in [-0.25, -0.2) is 4.98 Å². The first kappa shape index (κ1) is 18.7. The van der Waals surface area contributed by atoms with Crippen LogP contribution >= 0.6 is 11.6 Å². The quantitative estimate of drug-likeness (QED) is 0.678. The lowest BCUT2D eigenvalue weighted by molar-refractivity contribution is -0.137. The van der Waals surface area contributed by atoms with Crippen LogP contribution in [0.3, 0.4) is 0 Å². The Kier molecular flexibility index (Phi) is 5.24. The Morgan fingerprint density at radius 1 is 1.27 bits per heavy atom. The van der Waals surface area contributed by atoms with Gasteiger partial charge in [0.1, 0.15) is 5.82 Å². The van der Waals surface area contributed by atoms with E-state index in [2.05, 4.69) is 20.6 Å². The molecule has 1 aliphatic carbocycles. The molecule has 1 heterocycles. The van der Waals surface area contributed by atoms with Gasteiger partial charge in [0.25, 0.3) is 0 Å². The summed E-state index contributed by atoms with van der Waals surface area (Å²) in [5.41, 5.74) is 0.136. The number of hydrogen-bond donors (Lipinski definition) is 3. The summed E-state index contributed by atoms with van der Waals surface area (Å²) < 4.78 is 39.1. The second-order valence-corrected chi connectivity index (χ2v) is 6.73. The predicted molar refractivity (Wildman–Crippen MR) is 93.9 cm³/mol. The molecule has 9 heteroatoms. The Labute approximate surface area is 153 Å². The minimum Gasteiger partial charge on any atom is -0.394 e. The number of nitrogens with one attached hydrogen (secondary N) is 2. The van der Waals surface area contributed by atoms with Gasteiger partial charge >= 0.3 is 6.18 Å². The number of aliphatic hydroxyl groups is 1. The van der Waals surface area contributed by atoms with Crippen LogP contribution in [0.4, 0.5) is 30.6 Å². The van der Waals surface area contributed by atoms with Crippen molar-refractivity contribution < 1.29 is 18.3 Å². The molecule has 0 aliphatic heterocycles. The third kappa shape index (κ3) is 4.56. The first-order chi connectivity index (χ1) is 12.3. The largest absolute Gasteiger partial charge is 0.417 e. The summed E-state index contributed by atoms with van der Waals surface area (Å²) in [6.07, 6.45) is -2.50. The smallest absolute Gasteiger partial charge is 0.394 e. The van der Waals surface area contributed by atoms with Gasteiger partial charge in [-0.1, -0.05) is 11.6 Å². The SMILES string of the molecule is C[C@@H](CO)Nc1nc(Nc2ccc(Cl)c(C(F)(F)F)c2)cc(C2CC2)n1. The third-order valence-electron chi connectivity index (χ3n) is 3.94. The molecule has 2 aromatic rings. The van der Waals surface area contributed by atoms with Gasteiger partial charge in [0.15, 0.2) is 0 Å². The third-order valence-corrected chi connectivity index (χ3v) is 4.26. The van der Waals surface area contributed by atoms with Crippen molar-refractivity contribution in [1.82, 2.24) is 9.97 Å². The molecule has 140 valence electrons. The zero-order valence-electron chi connectivity index (χ0n) is 13.9. The van der Waals surface area contributed by atoms with Crippen molar-refractivity contribution in [3.8, 4) is 0 Å². The molecule has 1 aromatic carbocycles. The molecule has 0 radical (unpaired) electrons. The maximum atomic E-state index is 13.0. The number of aromatic nitrogens is 2. The lowest BCUT2D eigenvalue weighted by Gasteiger charge is -2.15. The van der Waals surface area contributed by atoms with Crippen LogP contribution in [0.1, 0.15) is 36.9 Å². The summed E-state index contributed by atoms with van der Waals surface area (Å²) in [7, 11) is 0. The van der Waals surface area contributed by atoms with Crippen molar-refractivity contribution in [3.63, 3.8) is 0 Å². The highest BCUT2D eigenvalue weighted by Crippen LogP contribution is 2.40. The van der Waals surface area contributed by atoms with Crippen LogP contribution in [0.25, 0.3) is 0 Å². The zero-order chi connectivity index (χ0) is 18.9. The number of halogens is 4. The zero-order valence-corrected chi connectivity index (χ0v) is 14.7. The van der Waals surface area contributed by atoms with Crippen LogP contribution in [0.5, 0.6) is 0 Å². The number of benzene rings is 1. The molecule has 3 rings (SSSR count). The average molecular weight is 387 g/mol. The van der Waals surface area contributed by atoms with Crippen LogP contribution in [0.2, 0.25) is 5.02 Å². The highest BCUT2D eigenvalue weighted by Gasteiger charge is 2.33. The molecule has 1 aliphatic rings. The Hall–Kier alpha value is -2.06. The maximum absolute atomic E-state index is 13.0. The van der Waals surface area contributed by atoms with Gasteiger partial charge in [-0.2, -0.15) is 18.2 Å². The van der Waals surface area contributed by atoms with E-state index in [1.165, 1.54) is 12.1 Å². The predicted octanol–water partition coefficient (Wildman–Crippen LogP) is 4.56. The van der Waals surface area contributed by atoms with Crippen LogP contribution in [0.15, 0.2) is 24.3 Å². The first-order valence-corrected chi connectivity index (χ1v) is 8.54. The average Bonchev–Trinajstić information content (AvgIpc) is 3.40. The van der Waals surface area contributed by atoms with Crippen LogP contribution in [-0.2, 0) is 6.18 Å². The Balaban J connectivity index is 1.89. The normalized spacial score (nSPS) is 15.6. The van der Waals surface area contributed by atoms with E-state index in [0.717, 1.165) is 24.6 Å². The Bertz CT molecular complexity index is 796. The summed E-state index contributed by atoms with van der Waals surface area (Å²) in [5, 5.41) is 14.7. The minimum atomic E-state index is -4.54. The number of rotatable bonds is 6. The summed E-state index contributed by atoms with van der Waals surface area (Å²) in [4.78, 5) is 8.70. The van der Waals surface area contributed by atoms with Gasteiger partial charge in [-0.3, -0.25) is 0 Å². The van der Waals surface area contributed by atoms with Gasteiger partial charge in [0.2, 0.25) is 5.95 Å². The molecule has 1 saturated carbocycles. The highest BCUT2D eigenvalue weighted by atomic mass is 35.5. The van der Waals surface area contributed by atoms with Crippen molar-refractivity contribution >= 4 is 29.1 Å². The van der Waals surface area contributed by atoms with E-state index in [0.29, 0.717) is 17.7 Å². The molecule has 0 saturated heterocycles. The monoisotopic (exact) mass is 386 g/mol. The van der Waals surface area contributed by atoms with E-state index in [9.17, 15) is 18.3 Å². The van der Waals surface area contributed by atoms with Gasteiger partial charge in [-0.05, 0) is 38.0 Å². The fraction of sp³-hybridized carbons (Fsp3) is 0.412. The molecule has 1 atom stereocenters. The minimum absolute atomic E-state index is 0.0914. The van der Waals surface area contributed by atoms with E-state index in [4.69, 9.17) is 11.6 Å². The number of aliphatic hydroxyl groups excluding tert-OH is 1. The van der Waals surface area contributed by atoms with Gasteiger partial charge in [0.05, 0.1) is 22.9 Å². The van der Waals surface area contributed by atoms with Crippen molar-refractivity contribution in [2.45, 2.75) is 37.9 Å². The molecule has 0 bridgehead atoms. The molecule has 3 N–H and O–H groups in total. The van der Waals surface area contributed by atoms with E-state index in [-0.39, 0.29) is 23.4 Å². The fourth-order valence-corrected chi connectivity index (χ4v) is 2.64. The van der Waals surface area contributed by atoms with Crippen molar-refractivity contribution in [3.05, 3.63) is 40.5 Å². The van der Waals surface area contributed by atoms with E-state index < -0.39 is 11.7 Å². The summed E-state index contributed by atoms with van der Waals surface area (Å²) >= 11 is 5.65. The molecule has 1 aromatic heterocycles. The van der Waals surface area contributed by atoms with Crippen LogP contribution < -0.4 is 10.6 Å². The van der Waals surface area contributed by atoms with Crippen molar-refractivity contribution in [1.29, 1.82) is 0 Å². The lowest BCUT2D eigenvalue weighted by atomic mass is 10.2. The fourth-order valence-electron chi connectivity index (χ4n) is 2.42. The van der Waals surface area contributed by atoms with Crippen molar-refractivity contribution in [2.24, 2.45) is 0 Å².